The molecule has 1 unspecified atom stereocenters. The van der Waals surface area contributed by atoms with Gasteiger partial charge in [-0.15, -0.1) is 0 Å². The lowest BCUT2D eigenvalue weighted by molar-refractivity contribution is 0.230. The van der Waals surface area contributed by atoms with Crippen LogP contribution >= 0.6 is 0 Å². The van der Waals surface area contributed by atoms with Crippen molar-refractivity contribution in [3.05, 3.63) is 53.6 Å². The largest absolute Gasteiger partial charge is 0.508 e. The van der Waals surface area contributed by atoms with E-state index in [0.717, 1.165) is 22.6 Å². The van der Waals surface area contributed by atoms with Crippen molar-refractivity contribution in [2.45, 2.75) is 39.5 Å². The number of aromatic hydroxyl groups is 1. The Hall–Kier alpha value is -2.20. The zero-order valence-electron chi connectivity index (χ0n) is 14.2. The molecular formula is C19H25NO3. The van der Waals surface area contributed by atoms with Crippen LogP contribution in [0.3, 0.4) is 0 Å². The first-order valence-electron chi connectivity index (χ1n) is 7.85. The highest BCUT2D eigenvalue weighted by Gasteiger charge is 2.11. The highest BCUT2D eigenvalue weighted by molar-refractivity contribution is 5.44. The van der Waals surface area contributed by atoms with Gasteiger partial charge in [-0.1, -0.05) is 18.2 Å². The molecule has 23 heavy (non-hydrogen) atoms. The number of hydrogen-bond acceptors (Lipinski definition) is 4. The Morgan fingerprint density at radius 3 is 2.48 bits per heavy atom. The molecule has 4 heteroatoms. The molecule has 1 atom stereocenters. The molecule has 0 saturated heterocycles. The highest BCUT2D eigenvalue weighted by atomic mass is 16.5. The van der Waals surface area contributed by atoms with Gasteiger partial charge in [0.25, 0.3) is 0 Å². The van der Waals surface area contributed by atoms with E-state index in [1.165, 1.54) is 0 Å². The van der Waals surface area contributed by atoms with Crippen LogP contribution in [0.15, 0.2) is 42.5 Å². The van der Waals surface area contributed by atoms with E-state index < -0.39 is 0 Å². The Kier molecular flexibility index (Phi) is 5.88. The molecule has 2 N–H and O–H groups in total. The van der Waals surface area contributed by atoms with Crippen LogP contribution in [0.2, 0.25) is 0 Å². The summed E-state index contributed by atoms with van der Waals surface area (Å²) >= 11 is 0. The fourth-order valence-electron chi connectivity index (χ4n) is 2.36. The van der Waals surface area contributed by atoms with E-state index in [9.17, 15) is 5.11 Å². The molecule has 0 aliphatic carbocycles. The van der Waals surface area contributed by atoms with Crippen molar-refractivity contribution in [2.75, 3.05) is 7.11 Å². The van der Waals surface area contributed by atoms with Crippen molar-refractivity contribution in [3.63, 3.8) is 0 Å². The molecule has 0 radical (unpaired) electrons. The van der Waals surface area contributed by atoms with Crippen molar-refractivity contribution in [1.29, 1.82) is 0 Å². The van der Waals surface area contributed by atoms with Crippen molar-refractivity contribution in [3.8, 4) is 17.2 Å². The number of phenols is 1. The van der Waals surface area contributed by atoms with Crippen LogP contribution < -0.4 is 14.8 Å². The third-order valence-electron chi connectivity index (χ3n) is 3.57. The molecule has 0 amide bonds. The van der Waals surface area contributed by atoms with Gasteiger partial charge in [0.05, 0.1) is 13.2 Å². The summed E-state index contributed by atoms with van der Waals surface area (Å²) in [6.07, 6.45) is 0.107. The first-order chi connectivity index (χ1) is 11.0. The highest BCUT2D eigenvalue weighted by Crippen LogP contribution is 2.31. The second kappa shape index (κ2) is 7.88. The van der Waals surface area contributed by atoms with Crippen LogP contribution in [0.25, 0.3) is 0 Å². The molecule has 0 fully saturated rings. The fourth-order valence-corrected chi connectivity index (χ4v) is 2.36. The summed E-state index contributed by atoms with van der Waals surface area (Å²) in [5.41, 5.74) is 2.17. The van der Waals surface area contributed by atoms with Gasteiger partial charge < -0.3 is 19.9 Å². The number of benzene rings is 2. The average Bonchev–Trinajstić information content (AvgIpc) is 2.52. The zero-order valence-corrected chi connectivity index (χ0v) is 14.2. The minimum absolute atomic E-state index is 0.107. The van der Waals surface area contributed by atoms with Gasteiger partial charge in [-0.05, 0) is 56.2 Å². The standard InChI is InChI=1S/C19H25NO3/c1-13(2)23-18-9-8-16(11-19(18)22-4)14(3)20-12-15-6-5-7-17(21)10-15/h5-11,13-14,20-21H,12H2,1-4H3. The minimum atomic E-state index is 0.107. The Bertz CT molecular complexity index is 640. The summed E-state index contributed by atoms with van der Waals surface area (Å²) in [7, 11) is 1.65. The molecule has 0 bridgehead atoms. The van der Waals surface area contributed by atoms with Crippen LogP contribution in [0.4, 0.5) is 0 Å². The van der Waals surface area contributed by atoms with Gasteiger partial charge in [0, 0.05) is 12.6 Å². The number of methoxy groups -OCH3 is 1. The summed E-state index contributed by atoms with van der Waals surface area (Å²) in [4.78, 5) is 0. The van der Waals surface area contributed by atoms with E-state index in [0.29, 0.717) is 6.54 Å². The molecule has 2 aromatic carbocycles. The Balaban J connectivity index is 2.05. The Labute approximate surface area is 138 Å². The van der Waals surface area contributed by atoms with Crippen molar-refractivity contribution >= 4 is 0 Å². The molecule has 0 aromatic heterocycles. The molecule has 124 valence electrons. The molecule has 0 aliphatic rings. The fraction of sp³-hybridized carbons (Fsp3) is 0.368. The van der Waals surface area contributed by atoms with Gasteiger partial charge >= 0.3 is 0 Å². The lowest BCUT2D eigenvalue weighted by Gasteiger charge is -2.18. The van der Waals surface area contributed by atoms with Crippen LogP contribution in [0.1, 0.15) is 37.9 Å². The van der Waals surface area contributed by atoms with Crippen LogP contribution in [0, 0.1) is 0 Å². The normalized spacial score (nSPS) is 12.2. The number of rotatable bonds is 7. The minimum Gasteiger partial charge on any atom is -0.508 e. The van der Waals surface area contributed by atoms with E-state index in [1.807, 2.05) is 44.2 Å². The molecular weight excluding hydrogens is 290 g/mol. The van der Waals surface area contributed by atoms with Crippen molar-refractivity contribution < 1.29 is 14.6 Å². The molecule has 4 nitrogen and oxygen atoms in total. The summed E-state index contributed by atoms with van der Waals surface area (Å²) in [5.74, 6) is 1.78. The number of ether oxygens (including phenoxy) is 2. The molecule has 0 saturated carbocycles. The smallest absolute Gasteiger partial charge is 0.161 e. The van der Waals surface area contributed by atoms with Crippen LogP contribution in [-0.4, -0.2) is 18.3 Å². The predicted molar refractivity (Wildman–Crippen MR) is 92.1 cm³/mol. The summed E-state index contributed by atoms with van der Waals surface area (Å²) in [5, 5.41) is 13.0. The van der Waals surface area contributed by atoms with Crippen LogP contribution in [0.5, 0.6) is 17.2 Å². The third-order valence-corrected chi connectivity index (χ3v) is 3.57. The molecule has 0 heterocycles. The molecule has 0 aliphatic heterocycles. The number of hydrogen-bond donors (Lipinski definition) is 2. The van der Waals surface area contributed by atoms with E-state index in [1.54, 1.807) is 19.2 Å². The lowest BCUT2D eigenvalue weighted by Crippen LogP contribution is -2.18. The Morgan fingerprint density at radius 1 is 1.04 bits per heavy atom. The first kappa shape index (κ1) is 17.2. The van der Waals surface area contributed by atoms with Crippen molar-refractivity contribution in [1.82, 2.24) is 5.32 Å². The second-order valence-corrected chi connectivity index (χ2v) is 5.85. The maximum Gasteiger partial charge on any atom is 0.161 e. The second-order valence-electron chi connectivity index (χ2n) is 5.85. The zero-order chi connectivity index (χ0) is 16.8. The van der Waals surface area contributed by atoms with Gasteiger partial charge in [-0.2, -0.15) is 0 Å². The summed E-state index contributed by atoms with van der Waals surface area (Å²) < 4.78 is 11.2. The number of phenolic OH excluding ortho intramolecular Hbond substituents is 1. The van der Waals surface area contributed by atoms with Gasteiger partial charge in [0.1, 0.15) is 5.75 Å². The number of nitrogens with one attached hydrogen (secondary N) is 1. The van der Waals surface area contributed by atoms with Gasteiger partial charge in [0.15, 0.2) is 11.5 Å². The maximum absolute atomic E-state index is 9.51. The van der Waals surface area contributed by atoms with E-state index >= 15 is 0 Å². The topological polar surface area (TPSA) is 50.7 Å². The Morgan fingerprint density at radius 2 is 1.83 bits per heavy atom. The quantitative estimate of drug-likeness (QED) is 0.809. The maximum atomic E-state index is 9.51. The van der Waals surface area contributed by atoms with Crippen molar-refractivity contribution in [2.24, 2.45) is 0 Å². The van der Waals surface area contributed by atoms with E-state index in [2.05, 4.69) is 12.2 Å². The van der Waals surface area contributed by atoms with Gasteiger partial charge in [0.2, 0.25) is 0 Å². The molecule has 2 rings (SSSR count). The molecule has 2 aromatic rings. The van der Waals surface area contributed by atoms with E-state index in [-0.39, 0.29) is 17.9 Å². The van der Waals surface area contributed by atoms with E-state index in [4.69, 9.17) is 9.47 Å². The first-order valence-corrected chi connectivity index (χ1v) is 7.85. The summed E-state index contributed by atoms with van der Waals surface area (Å²) in [6.45, 7) is 6.77. The van der Waals surface area contributed by atoms with Gasteiger partial charge in [-0.3, -0.25) is 0 Å². The SMILES string of the molecule is COc1cc(C(C)NCc2cccc(O)c2)ccc1OC(C)C. The van der Waals surface area contributed by atoms with Crippen LogP contribution in [-0.2, 0) is 6.54 Å². The lowest BCUT2D eigenvalue weighted by atomic mass is 10.1. The summed E-state index contributed by atoms with van der Waals surface area (Å²) in [6, 6.07) is 13.4. The third kappa shape index (κ3) is 4.89. The average molecular weight is 315 g/mol. The predicted octanol–water partition coefficient (Wildman–Crippen LogP) is 4.04. The monoisotopic (exact) mass is 315 g/mol. The van der Waals surface area contributed by atoms with Gasteiger partial charge in [-0.25, -0.2) is 0 Å². The molecule has 0 spiro atoms.